The number of para-hydroxylation sites is 1. The van der Waals surface area contributed by atoms with Gasteiger partial charge in [-0.2, -0.15) is 0 Å². The Morgan fingerprint density at radius 3 is 2.27 bits per heavy atom. The van der Waals surface area contributed by atoms with Crippen molar-refractivity contribution in [2.45, 2.75) is 6.42 Å². The van der Waals surface area contributed by atoms with Crippen LogP contribution >= 0.6 is 0 Å². The zero-order chi connectivity index (χ0) is 19.5. The minimum Gasteiger partial charge on any atom is -0.324 e. The second-order valence-corrected chi connectivity index (χ2v) is 7.21. The number of rotatable bonds is 6. The van der Waals surface area contributed by atoms with E-state index < -0.39 is 57.9 Å². The van der Waals surface area contributed by atoms with Crippen molar-refractivity contribution in [2.24, 2.45) is 0 Å². The fourth-order valence-corrected chi connectivity index (χ4v) is 3.07. The third-order valence-corrected chi connectivity index (χ3v) is 4.55. The molecule has 0 spiro atoms. The minimum absolute atomic E-state index is 0.109. The molecule has 0 aliphatic heterocycles. The average Bonchev–Trinajstić information content (AvgIpc) is 2.55. The van der Waals surface area contributed by atoms with Gasteiger partial charge >= 0.3 is 0 Å². The maximum Gasteiger partial charge on any atom is 0.232 e. The molecule has 0 saturated carbocycles. The van der Waals surface area contributed by atoms with Crippen molar-refractivity contribution in [3.05, 3.63) is 59.7 Å². The predicted molar refractivity (Wildman–Crippen MR) is 88.2 cm³/mol. The Balaban J connectivity index is 2.19. The van der Waals surface area contributed by atoms with Gasteiger partial charge in [-0.15, -0.1) is 0 Å². The molecule has 0 unspecified atom stereocenters. The Labute approximate surface area is 147 Å². The van der Waals surface area contributed by atoms with Crippen molar-refractivity contribution in [2.75, 3.05) is 22.4 Å². The summed E-state index contributed by atoms with van der Waals surface area (Å²) in [5.74, 6) is -6.42. The summed E-state index contributed by atoms with van der Waals surface area (Å²) in [6.45, 7) is -0.554. The summed E-state index contributed by atoms with van der Waals surface area (Å²) in [6, 6.07) is 6.65. The summed E-state index contributed by atoms with van der Waals surface area (Å²) in [4.78, 5) is 11.9. The van der Waals surface area contributed by atoms with Gasteiger partial charge in [0.05, 0.1) is 17.6 Å². The van der Waals surface area contributed by atoms with Gasteiger partial charge in [-0.1, -0.05) is 12.1 Å². The number of hydrogen-bond acceptors (Lipinski definition) is 3. The first-order valence-corrected chi connectivity index (χ1v) is 9.11. The highest BCUT2D eigenvalue weighted by atomic mass is 32.2. The van der Waals surface area contributed by atoms with Gasteiger partial charge in [-0.05, 0) is 24.3 Å². The van der Waals surface area contributed by atoms with Crippen LogP contribution in [0, 0.1) is 23.3 Å². The maximum absolute atomic E-state index is 13.9. The lowest BCUT2D eigenvalue weighted by molar-refractivity contribution is -0.116. The molecule has 0 radical (unpaired) electrons. The molecule has 2 aromatic rings. The van der Waals surface area contributed by atoms with Crippen molar-refractivity contribution in [1.82, 2.24) is 0 Å². The van der Waals surface area contributed by atoms with Gasteiger partial charge in [0.2, 0.25) is 15.9 Å². The largest absolute Gasteiger partial charge is 0.324 e. The Morgan fingerprint density at radius 1 is 1.00 bits per heavy atom. The van der Waals surface area contributed by atoms with Crippen LogP contribution in [0.1, 0.15) is 6.42 Å². The van der Waals surface area contributed by atoms with Crippen LogP contribution < -0.4 is 9.62 Å². The molecule has 5 nitrogen and oxygen atoms in total. The Bertz CT molecular complexity index is 935. The van der Waals surface area contributed by atoms with E-state index >= 15 is 0 Å². The van der Waals surface area contributed by atoms with Crippen molar-refractivity contribution in [3.8, 4) is 0 Å². The van der Waals surface area contributed by atoms with Crippen molar-refractivity contribution in [3.63, 3.8) is 0 Å². The highest BCUT2D eigenvalue weighted by Gasteiger charge is 2.25. The number of amides is 1. The van der Waals surface area contributed by atoms with Gasteiger partial charge in [0.25, 0.3) is 0 Å². The topological polar surface area (TPSA) is 66.5 Å². The molecule has 140 valence electrons. The summed E-state index contributed by atoms with van der Waals surface area (Å²) in [7, 11) is -4.10. The van der Waals surface area contributed by atoms with Gasteiger partial charge in [-0.3, -0.25) is 9.10 Å². The number of carbonyl (C=O) groups is 1. The van der Waals surface area contributed by atoms with Crippen LogP contribution in [0.2, 0.25) is 0 Å². The molecule has 0 heterocycles. The van der Waals surface area contributed by atoms with Crippen LogP contribution in [-0.2, 0) is 14.8 Å². The summed E-state index contributed by atoms with van der Waals surface area (Å²) in [5, 5.41) is 2.24. The molecule has 0 fully saturated rings. The van der Waals surface area contributed by atoms with Crippen molar-refractivity contribution in [1.29, 1.82) is 0 Å². The number of sulfonamides is 1. The van der Waals surface area contributed by atoms with Gasteiger partial charge < -0.3 is 5.32 Å². The lowest BCUT2D eigenvalue weighted by Crippen LogP contribution is -2.34. The Morgan fingerprint density at radius 2 is 1.65 bits per heavy atom. The van der Waals surface area contributed by atoms with Crippen LogP contribution in [0.15, 0.2) is 36.4 Å². The number of hydrogen-bond donors (Lipinski definition) is 1. The smallest absolute Gasteiger partial charge is 0.232 e. The number of carbonyl (C=O) groups excluding carboxylic acids is 1. The SMILES string of the molecule is CS(=O)(=O)N(CCC(=O)Nc1ccccc1F)c1ccc(F)c(F)c1F. The van der Waals surface area contributed by atoms with Crippen molar-refractivity contribution < 1.29 is 30.8 Å². The Hall–Kier alpha value is -2.62. The van der Waals surface area contributed by atoms with E-state index in [0.717, 1.165) is 18.4 Å². The first-order valence-electron chi connectivity index (χ1n) is 7.27. The molecule has 0 aromatic heterocycles. The second kappa shape index (κ2) is 7.73. The second-order valence-electron chi connectivity index (χ2n) is 5.31. The summed E-state index contributed by atoms with van der Waals surface area (Å²) >= 11 is 0. The zero-order valence-electron chi connectivity index (χ0n) is 13.5. The van der Waals surface area contributed by atoms with Crippen LogP contribution in [-0.4, -0.2) is 27.1 Å². The molecule has 26 heavy (non-hydrogen) atoms. The number of anilines is 2. The van der Waals surface area contributed by atoms with Crippen LogP contribution in [0.5, 0.6) is 0 Å². The standard InChI is InChI=1S/C16H14F4N2O3S/c1-26(24,25)22(13-7-6-11(18)15(19)16(13)20)9-8-14(23)21-12-5-3-2-4-10(12)17/h2-7H,8-9H2,1H3,(H,21,23). The molecule has 1 N–H and O–H groups in total. The number of nitrogens with one attached hydrogen (secondary N) is 1. The molecule has 2 aromatic carbocycles. The lowest BCUT2D eigenvalue weighted by atomic mass is 10.2. The monoisotopic (exact) mass is 390 g/mol. The van der Waals surface area contributed by atoms with E-state index in [1.807, 2.05) is 0 Å². The number of benzene rings is 2. The molecule has 0 atom stereocenters. The fraction of sp³-hybridized carbons (Fsp3) is 0.188. The van der Waals surface area contributed by atoms with Crippen LogP contribution in [0.25, 0.3) is 0 Å². The molecule has 0 aliphatic rings. The first-order chi connectivity index (χ1) is 12.1. The first kappa shape index (κ1) is 19.7. The molecular weight excluding hydrogens is 376 g/mol. The fourth-order valence-electron chi connectivity index (χ4n) is 2.15. The Kier molecular flexibility index (Phi) is 5.86. The van der Waals surface area contributed by atoms with Gasteiger partial charge in [0, 0.05) is 13.0 Å². The summed E-state index contributed by atoms with van der Waals surface area (Å²) in [6.07, 6.45) is 0.252. The third-order valence-electron chi connectivity index (χ3n) is 3.37. The minimum atomic E-state index is -4.10. The molecule has 1 amide bonds. The van der Waals surface area contributed by atoms with E-state index in [1.165, 1.54) is 18.2 Å². The molecular formula is C16H14F4N2O3S. The molecule has 0 bridgehead atoms. The summed E-state index contributed by atoms with van der Waals surface area (Å²) < 4.78 is 77.9. The quantitative estimate of drug-likeness (QED) is 0.609. The van der Waals surface area contributed by atoms with Gasteiger partial charge in [-0.25, -0.2) is 26.0 Å². The molecule has 2 rings (SSSR count). The van der Waals surface area contributed by atoms with Crippen LogP contribution in [0.3, 0.4) is 0 Å². The maximum atomic E-state index is 13.9. The van der Waals surface area contributed by atoms with E-state index in [-0.39, 0.29) is 5.69 Å². The van der Waals surface area contributed by atoms with E-state index in [9.17, 15) is 30.8 Å². The lowest BCUT2D eigenvalue weighted by Gasteiger charge is -2.22. The normalized spacial score (nSPS) is 11.3. The average molecular weight is 390 g/mol. The summed E-state index contributed by atoms with van der Waals surface area (Å²) in [5.41, 5.74) is -0.840. The van der Waals surface area contributed by atoms with Crippen LogP contribution in [0.4, 0.5) is 28.9 Å². The number of halogens is 4. The van der Waals surface area contributed by atoms with Gasteiger partial charge in [0.15, 0.2) is 17.5 Å². The highest BCUT2D eigenvalue weighted by molar-refractivity contribution is 7.92. The van der Waals surface area contributed by atoms with E-state index in [1.54, 1.807) is 0 Å². The van der Waals surface area contributed by atoms with E-state index in [2.05, 4.69) is 5.32 Å². The predicted octanol–water partition coefficient (Wildman–Crippen LogP) is 3.04. The van der Waals surface area contributed by atoms with Crippen molar-refractivity contribution >= 4 is 27.3 Å². The molecule has 0 saturated heterocycles. The van der Waals surface area contributed by atoms with Gasteiger partial charge in [0.1, 0.15) is 5.82 Å². The third kappa shape index (κ3) is 4.51. The highest BCUT2D eigenvalue weighted by Crippen LogP contribution is 2.26. The molecule has 0 aliphatic carbocycles. The van der Waals surface area contributed by atoms with E-state index in [0.29, 0.717) is 10.4 Å². The van der Waals surface area contributed by atoms with E-state index in [4.69, 9.17) is 0 Å². The molecule has 10 heteroatoms. The zero-order valence-corrected chi connectivity index (χ0v) is 14.3. The number of nitrogens with zero attached hydrogens (tertiary/aromatic N) is 1.